The number of aromatic nitrogens is 1. The highest BCUT2D eigenvalue weighted by Crippen LogP contribution is 2.19. The SMILES string of the molecule is COCc1cccc(CNC(=O)c2ccccc2OCc2cscn2)c1. The molecule has 0 spiro atoms. The molecule has 6 heteroatoms. The number of rotatable bonds is 8. The zero-order valence-electron chi connectivity index (χ0n) is 14.5. The highest BCUT2D eigenvalue weighted by molar-refractivity contribution is 7.07. The van der Waals surface area contributed by atoms with Gasteiger partial charge in [-0.2, -0.15) is 0 Å². The summed E-state index contributed by atoms with van der Waals surface area (Å²) in [6.45, 7) is 1.33. The zero-order valence-corrected chi connectivity index (χ0v) is 15.3. The molecule has 0 aliphatic rings. The van der Waals surface area contributed by atoms with E-state index in [1.165, 1.54) is 11.3 Å². The normalized spacial score (nSPS) is 10.5. The van der Waals surface area contributed by atoms with Gasteiger partial charge in [0.2, 0.25) is 0 Å². The number of carbonyl (C=O) groups is 1. The van der Waals surface area contributed by atoms with E-state index in [0.29, 0.717) is 31.1 Å². The first-order chi connectivity index (χ1) is 12.8. The fourth-order valence-corrected chi connectivity index (χ4v) is 3.06. The molecule has 26 heavy (non-hydrogen) atoms. The van der Waals surface area contributed by atoms with Crippen molar-refractivity contribution in [2.45, 2.75) is 19.8 Å². The molecule has 0 saturated heterocycles. The number of hydrogen-bond donors (Lipinski definition) is 1. The van der Waals surface area contributed by atoms with Crippen molar-refractivity contribution >= 4 is 17.2 Å². The third-order valence-electron chi connectivity index (χ3n) is 3.75. The van der Waals surface area contributed by atoms with E-state index in [1.54, 1.807) is 24.8 Å². The van der Waals surface area contributed by atoms with Crippen molar-refractivity contribution in [1.82, 2.24) is 10.3 Å². The smallest absolute Gasteiger partial charge is 0.255 e. The second-order valence-corrected chi connectivity index (χ2v) is 6.42. The molecule has 134 valence electrons. The lowest BCUT2D eigenvalue weighted by Crippen LogP contribution is -2.23. The lowest BCUT2D eigenvalue weighted by molar-refractivity contribution is 0.0946. The van der Waals surface area contributed by atoms with Crippen LogP contribution in [0.15, 0.2) is 59.4 Å². The molecule has 0 aliphatic heterocycles. The first kappa shape index (κ1) is 18.1. The van der Waals surface area contributed by atoms with Crippen LogP contribution in [0.3, 0.4) is 0 Å². The maximum atomic E-state index is 12.6. The maximum absolute atomic E-state index is 12.6. The molecule has 1 aromatic heterocycles. The van der Waals surface area contributed by atoms with Crippen molar-refractivity contribution < 1.29 is 14.3 Å². The number of para-hydroxylation sites is 1. The summed E-state index contributed by atoms with van der Waals surface area (Å²) in [5, 5.41) is 4.87. The average molecular weight is 368 g/mol. The summed E-state index contributed by atoms with van der Waals surface area (Å²) in [6, 6.07) is 15.2. The summed E-state index contributed by atoms with van der Waals surface area (Å²) in [5.74, 6) is 0.377. The van der Waals surface area contributed by atoms with E-state index in [1.807, 2.05) is 41.8 Å². The largest absolute Gasteiger partial charge is 0.486 e. The lowest BCUT2D eigenvalue weighted by Gasteiger charge is -2.11. The number of carbonyl (C=O) groups excluding carboxylic acids is 1. The van der Waals surface area contributed by atoms with Crippen LogP contribution in [-0.4, -0.2) is 18.0 Å². The molecule has 1 heterocycles. The van der Waals surface area contributed by atoms with Crippen LogP contribution in [0.1, 0.15) is 27.2 Å². The number of methoxy groups -OCH3 is 1. The van der Waals surface area contributed by atoms with Crippen molar-refractivity contribution in [2.24, 2.45) is 0 Å². The Labute approximate surface area is 156 Å². The van der Waals surface area contributed by atoms with Gasteiger partial charge in [0.05, 0.1) is 23.4 Å². The van der Waals surface area contributed by atoms with Gasteiger partial charge in [0.15, 0.2) is 0 Å². The lowest BCUT2D eigenvalue weighted by atomic mass is 10.1. The molecular weight excluding hydrogens is 348 g/mol. The molecule has 1 N–H and O–H groups in total. The van der Waals surface area contributed by atoms with Crippen molar-refractivity contribution in [3.05, 3.63) is 81.8 Å². The molecule has 1 amide bonds. The van der Waals surface area contributed by atoms with Gasteiger partial charge < -0.3 is 14.8 Å². The second-order valence-electron chi connectivity index (χ2n) is 5.70. The van der Waals surface area contributed by atoms with Gasteiger partial charge in [-0.15, -0.1) is 11.3 Å². The van der Waals surface area contributed by atoms with Gasteiger partial charge in [-0.25, -0.2) is 4.98 Å². The van der Waals surface area contributed by atoms with Gasteiger partial charge in [-0.05, 0) is 23.3 Å². The van der Waals surface area contributed by atoms with E-state index in [4.69, 9.17) is 9.47 Å². The Kier molecular flexibility index (Phi) is 6.35. The summed E-state index contributed by atoms with van der Waals surface area (Å²) in [5.41, 5.74) is 5.21. The Hall–Kier alpha value is -2.70. The van der Waals surface area contributed by atoms with Gasteiger partial charge in [-0.1, -0.05) is 36.4 Å². The van der Waals surface area contributed by atoms with Gasteiger partial charge >= 0.3 is 0 Å². The number of ether oxygens (including phenoxy) is 2. The van der Waals surface area contributed by atoms with E-state index in [0.717, 1.165) is 16.8 Å². The molecule has 0 bridgehead atoms. The third kappa shape index (κ3) is 4.91. The Morgan fingerprint density at radius 2 is 1.96 bits per heavy atom. The minimum Gasteiger partial charge on any atom is -0.486 e. The molecule has 0 atom stereocenters. The van der Waals surface area contributed by atoms with Crippen LogP contribution in [0, 0.1) is 0 Å². The number of benzene rings is 2. The number of nitrogens with zero attached hydrogens (tertiary/aromatic N) is 1. The van der Waals surface area contributed by atoms with Crippen molar-refractivity contribution in [3.63, 3.8) is 0 Å². The molecule has 5 nitrogen and oxygen atoms in total. The van der Waals surface area contributed by atoms with Crippen LogP contribution in [0.2, 0.25) is 0 Å². The predicted molar refractivity (Wildman–Crippen MR) is 101 cm³/mol. The molecule has 0 unspecified atom stereocenters. The summed E-state index contributed by atoms with van der Waals surface area (Å²) in [7, 11) is 1.66. The van der Waals surface area contributed by atoms with Crippen LogP contribution in [-0.2, 0) is 24.5 Å². The third-order valence-corrected chi connectivity index (χ3v) is 4.38. The molecule has 0 saturated carbocycles. The van der Waals surface area contributed by atoms with E-state index in [2.05, 4.69) is 10.3 Å². The summed E-state index contributed by atoms with van der Waals surface area (Å²) in [4.78, 5) is 16.8. The minimum atomic E-state index is -0.170. The molecular formula is C20H20N2O3S. The zero-order chi connectivity index (χ0) is 18.2. The van der Waals surface area contributed by atoms with Crippen molar-refractivity contribution in [3.8, 4) is 5.75 Å². The van der Waals surface area contributed by atoms with Gasteiger partial charge in [-0.3, -0.25) is 4.79 Å². The van der Waals surface area contributed by atoms with E-state index >= 15 is 0 Å². The van der Waals surface area contributed by atoms with Crippen LogP contribution in [0.4, 0.5) is 0 Å². The number of nitrogens with one attached hydrogen (secondary N) is 1. The van der Waals surface area contributed by atoms with E-state index in [-0.39, 0.29) is 5.91 Å². The Morgan fingerprint density at radius 1 is 1.12 bits per heavy atom. The quantitative estimate of drug-likeness (QED) is 0.657. The van der Waals surface area contributed by atoms with Crippen LogP contribution in [0.25, 0.3) is 0 Å². The first-order valence-electron chi connectivity index (χ1n) is 8.20. The molecule has 0 radical (unpaired) electrons. The monoisotopic (exact) mass is 368 g/mol. The molecule has 3 aromatic rings. The topological polar surface area (TPSA) is 60.5 Å². The molecule has 2 aromatic carbocycles. The summed E-state index contributed by atoms with van der Waals surface area (Å²) >= 11 is 1.52. The average Bonchev–Trinajstić information content (AvgIpc) is 3.19. The van der Waals surface area contributed by atoms with Crippen LogP contribution in [0.5, 0.6) is 5.75 Å². The molecule has 0 fully saturated rings. The second kappa shape index (κ2) is 9.12. The number of hydrogen-bond acceptors (Lipinski definition) is 5. The predicted octanol–water partition coefficient (Wildman–Crippen LogP) is 3.80. The summed E-state index contributed by atoms with van der Waals surface area (Å²) in [6.07, 6.45) is 0. The first-order valence-corrected chi connectivity index (χ1v) is 9.14. The minimum absolute atomic E-state index is 0.170. The van der Waals surface area contributed by atoms with Gasteiger partial charge in [0.25, 0.3) is 5.91 Å². The van der Waals surface area contributed by atoms with E-state index < -0.39 is 0 Å². The van der Waals surface area contributed by atoms with Crippen LogP contribution < -0.4 is 10.1 Å². The van der Waals surface area contributed by atoms with E-state index in [9.17, 15) is 4.79 Å². The Bertz CT molecular complexity index is 850. The molecule has 0 aliphatic carbocycles. The Morgan fingerprint density at radius 3 is 2.77 bits per heavy atom. The highest BCUT2D eigenvalue weighted by Gasteiger charge is 2.12. The fraction of sp³-hybridized carbons (Fsp3) is 0.200. The standard InChI is InChI=1S/C20H20N2O3S/c1-24-11-16-6-4-5-15(9-16)10-21-20(23)18-7-2-3-8-19(18)25-12-17-13-26-14-22-17/h2-9,13-14H,10-12H2,1H3,(H,21,23). The summed E-state index contributed by atoms with van der Waals surface area (Å²) < 4.78 is 10.9. The molecule has 3 rings (SSSR count). The van der Waals surface area contributed by atoms with Crippen molar-refractivity contribution in [1.29, 1.82) is 0 Å². The number of thiazole rings is 1. The van der Waals surface area contributed by atoms with Gasteiger partial charge in [0, 0.05) is 19.0 Å². The highest BCUT2D eigenvalue weighted by atomic mass is 32.1. The van der Waals surface area contributed by atoms with Gasteiger partial charge in [0.1, 0.15) is 12.4 Å². The number of amides is 1. The Balaban J connectivity index is 1.63. The maximum Gasteiger partial charge on any atom is 0.255 e. The fourth-order valence-electron chi connectivity index (χ4n) is 2.51. The van der Waals surface area contributed by atoms with Crippen LogP contribution >= 0.6 is 11.3 Å². The van der Waals surface area contributed by atoms with Crippen molar-refractivity contribution in [2.75, 3.05) is 7.11 Å².